The Hall–Kier alpha value is -3.83. The number of anilines is 1. The van der Waals surface area contributed by atoms with Gasteiger partial charge in [0.05, 0.1) is 25.9 Å². The molecule has 12 heteroatoms. The first-order chi connectivity index (χ1) is 14.7. The molecule has 2 rings (SSSR count). The first-order valence-electron chi connectivity index (χ1n) is 9.63. The number of benzene rings is 1. The SMILES string of the molecule is COc1ccc(C(=O)N2CCCC2C(=O)NCC(N)=O)cc1NC(=O)CCN=C(N)N. The average Bonchev–Trinajstić information content (AvgIpc) is 3.21. The topological polar surface area (TPSA) is 195 Å². The van der Waals surface area contributed by atoms with Crippen molar-refractivity contribution >= 4 is 35.3 Å². The van der Waals surface area contributed by atoms with Crippen molar-refractivity contribution in [1.82, 2.24) is 10.2 Å². The fourth-order valence-corrected chi connectivity index (χ4v) is 3.18. The van der Waals surface area contributed by atoms with E-state index in [4.69, 9.17) is 21.9 Å². The van der Waals surface area contributed by atoms with Crippen LogP contribution in [0.2, 0.25) is 0 Å². The van der Waals surface area contributed by atoms with Gasteiger partial charge in [0.2, 0.25) is 17.7 Å². The number of rotatable bonds is 9. The fourth-order valence-electron chi connectivity index (χ4n) is 3.18. The highest BCUT2D eigenvalue weighted by Crippen LogP contribution is 2.28. The smallest absolute Gasteiger partial charge is 0.254 e. The number of ether oxygens (including phenoxy) is 1. The molecule has 1 fully saturated rings. The summed E-state index contributed by atoms with van der Waals surface area (Å²) in [7, 11) is 1.44. The molecule has 12 nitrogen and oxygen atoms in total. The second kappa shape index (κ2) is 10.8. The lowest BCUT2D eigenvalue weighted by atomic mass is 10.1. The molecule has 0 radical (unpaired) electrons. The summed E-state index contributed by atoms with van der Waals surface area (Å²) < 4.78 is 5.25. The maximum Gasteiger partial charge on any atom is 0.254 e. The normalized spacial score (nSPS) is 15.1. The van der Waals surface area contributed by atoms with Crippen LogP contribution in [0.1, 0.15) is 29.6 Å². The summed E-state index contributed by atoms with van der Waals surface area (Å²) in [6.07, 6.45) is 1.15. The van der Waals surface area contributed by atoms with Gasteiger partial charge >= 0.3 is 0 Å². The van der Waals surface area contributed by atoms with Crippen LogP contribution in [0, 0.1) is 0 Å². The predicted octanol–water partition coefficient (Wildman–Crippen LogP) is -1.50. The van der Waals surface area contributed by atoms with Gasteiger partial charge in [0.15, 0.2) is 5.96 Å². The van der Waals surface area contributed by atoms with Crippen molar-refractivity contribution in [3.63, 3.8) is 0 Å². The lowest BCUT2D eigenvalue weighted by Gasteiger charge is -2.24. The molecule has 1 atom stereocenters. The Bertz CT molecular complexity index is 882. The first-order valence-corrected chi connectivity index (χ1v) is 9.63. The molecule has 1 heterocycles. The van der Waals surface area contributed by atoms with E-state index in [1.807, 2.05) is 0 Å². The molecule has 0 spiro atoms. The number of carbonyl (C=O) groups is 4. The maximum atomic E-state index is 13.0. The lowest BCUT2D eigenvalue weighted by Crippen LogP contribution is -2.47. The largest absolute Gasteiger partial charge is 0.495 e. The second-order valence-electron chi connectivity index (χ2n) is 6.86. The monoisotopic (exact) mass is 433 g/mol. The number of likely N-dealkylation sites (tertiary alicyclic amines) is 1. The minimum absolute atomic E-state index is 0.0352. The highest BCUT2D eigenvalue weighted by molar-refractivity contribution is 6.01. The third kappa shape index (κ3) is 6.59. The van der Waals surface area contributed by atoms with Crippen molar-refractivity contribution in [2.75, 3.05) is 32.1 Å². The van der Waals surface area contributed by atoms with E-state index in [0.717, 1.165) is 0 Å². The van der Waals surface area contributed by atoms with Gasteiger partial charge in [-0.15, -0.1) is 0 Å². The summed E-state index contributed by atoms with van der Waals surface area (Å²) in [5.41, 5.74) is 16.1. The number of carbonyl (C=O) groups excluding carboxylic acids is 4. The zero-order chi connectivity index (χ0) is 23.0. The van der Waals surface area contributed by atoms with Gasteiger partial charge < -0.3 is 37.5 Å². The first kappa shape index (κ1) is 23.4. The number of primary amides is 1. The molecule has 8 N–H and O–H groups in total. The molecule has 168 valence electrons. The van der Waals surface area contributed by atoms with Crippen molar-refractivity contribution in [2.24, 2.45) is 22.2 Å². The summed E-state index contributed by atoms with van der Waals surface area (Å²) >= 11 is 0. The molecule has 1 aromatic carbocycles. The number of amides is 4. The average molecular weight is 433 g/mol. The molecule has 1 aliphatic heterocycles. The molecular weight excluding hydrogens is 406 g/mol. The van der Waals surface area contributed by atoms with E-state index in [1.54, 1.807) is 12.1 Å². The number of nitrogens with zero attached hydrogens (tertiary/aromatic N) is 2. The van der Waals surface area contributed by atoms with Crippen molar-refractivity contribution in [3.8, 4) is 5.75 Å². The number of nitrogens with one attached hydrogen (secondary N) is 2. The number of hydrogen-bond acceptors (Lipinski definition) is 6. The fraction of sp³-hybridized carbons (Fsp3) is 0.421. The Morgan fingerprint density at radius 1 is 1.23 bits per heavy atom. The third-order valence-corrected chi connectivity index (χ3v) is 4.61. The third-order valence-electron chi connectivity index (χ3n) is 4.61. The van der Waals surface area contributed by atoms with Gasteiger partial charge in [-0.05, 0) is 31.0 Å². The minimum atomic E-state index is -0.702. The second-order valence-corrected chi connectivity index (χ2v) is 6.86. The number of nitrogens with two attached hydrogens (primary N) is 3. The van der Waals surface area contributed by atoms with Crippen LogP contribution in [0.5, 0.6) is 5.75 Å². The zero-order valence-corrected chi connectivity index (χ0v) is 17.2. The van der Waals surface area contributed by atoms with E-state index in [2.05, 4.69) is 15.6 Å². The lowest BCUT2D eigenvalue weighted by molar-refractivity contribution is -0.127. The molecule has 31 heavy (non-hydrogen) atoms. The molecule has 4 amide bonds. The molecule has 0 bridgehead atoms. The van der Waals surface area contributed by atoms with Crippen LogP contribution in [0.3, 0.4) is 0 Å². The predicted molar refractivity (Wildman–Crippen MR) is 113 cm³/mol. The van der Waals surface area contributed by atoms with Gasteiger partial charge in [-0.2, -0.15) is 0 Å². The van der Waals surface area contributed by atoms with Crippen molar-refractivity contribution in [3.05, 3.63) is 23.8 Å². The maximum absolute atomic E-state index is 13.0. The van der Waals surface area contributed by atoms with Gasteiger partial charge in [0.25, 0.3) is 5.91 Å². The van der Waals surface area contributed by atoms with Crippen LogP contribution >= 0.6 is 0 Å². The van der Waals surface area contributed by atoms with Crippen LogP contribution in [0.25, 0.3) is 0 Å². The van der Waals surface area contributed by atoms with Crippen LogP contribution in [-0.2, 0) is 14.4 Å². The van der Waals surface area contributed by atoms with Crippen LogP contribution in [-0.4, -0.2) is 67.3 Å². The van der Waals surface area contributed by atoms with Crippen molar-refractivity contribution in [1.29, 1.82) is 0 Å². The number of guanidine groups is 1. The molecule has 1 aromatic rings. The quantitative estimate of drug-likeness (QED) is 0.231. The summed E-state index contributed by atoms with van der Waals surface area (Å²) in [6, 6.07) is 3.88. The van der Waals surface area contributed by atoms with E-state index < -0.39 is 17.9 Å². The van der Waals surface area contributed by atoms with E-state index in [1.165, 1.54) is 18.1 Å². The van der Waals surface area contributed by atoms with E-state index in [0.29, 0.717) is 30.8 Å². The van der Waals surface area contributed by atoms with Crippen LogP contribution in [0.15, 0.2) is 23.2 Å². The highest BCUT2D eigenvalue weighted by Gasteiger charge is 2.34. The van der Waals surface area contributed by atoms with Crippen LogP contribution < -0.4 is 32.6 Å². The minimum Gasteiger partial charge on any atom is -0.495 e. The summed E-state index contributed by atoms with van der Waals surface area (Å²) in [5, 5.41) is 5.10. The molecule has 1 unspecified atom stereocenters. The van der Waals surface area contributed by atoms with Gasteiger partial charge in [-0.3, -0.25) is 24.2 Å². The van der Waals surface area contributed by atoms with Gasteiger partial charge in [-0.25, -0.2) is 0 Å². The Morgan fingerprint density at radius 2 is 1.97 bits per heavy atom. The Morgan fingerprint density at radius 3 is 2.61 bits per heavy atom. The van der Waals surface area contributed by atoms with E-state index >= 15 is 0 Å². The standard InChI is InChI=1S/C19H27N7O5/c1-31-14-5-4-11(9-12(14)25-16(28)6-7-23-19(21)22)18(30)26-8-2-3-13(26)17(29)24-10-15(20)27/h4-5,9,13H,2-3,6-8,10H2,1H3,(H2,20,27)(H,24,29)(H,25,28)(H4,21,22,23). The molecular formula is C19H27N7O5. The summed E-state index contributed by atoms with van der Waals surface area (Å²) in [5.74, 6) is -1.60. The van der Waals surface area contributed by atoms with E-state index in [-0.39, 0.29) is 42.8 Å². The zero-order valence-electron chi connectivity index (χ0n) is 17.2. The van der Waals surface area contributed by atoms with Gasteiger partial charge in [0.1, 0.15) is 11.8 Å². The van der Waals surface area contributed by atoms with Crippen LogP contribution in [0.4, 0.5) is 5.69 Å². The Kier molecular flexibility index (Phi) is 8.17. The summed E-state index contributed by atoms with van der Waals surface area (Å²) in [6.45, 7) is 0.209. The molecule has 0 saturated carbocycles. The molecule has 0 aromatic heterocycles. The van der Waals surface area contributed by atoms with Gasteiger partial charge in [-0.1, -0.05) is 0 Å². The number of hydrogen-bond donors (Lipinski definition) is 5. The highest BCUT2D eigenvalue weighted by atomic mass is 16.5. The van der Waals surface area contributed by atoms with Crippen molar-refractivity contribution < 1.29 is 23.9 Å². The van der Waals surface area contributed by atoms with Gasteiger partial charge in [0, 0.05) is 18.5 Å². The molecule has 1 saturated heterocycles. The Labute approximate surface area is 179 Å². The summed E-state index contributed by atoms with van der Waals surface area (Å²) in [4.78, 5) is 53.6. The molecule has 0 aliphatic carbocycles. The van der Waals surface area contributed by atoms with Crippen molar-refractivity contribution in [2.45, 2.75) is 25.3 Å². The number of aliphatic imine (C=N–C) groups is 1. The van der Waals surface area contributed by atoms with E-state index in [9.17, 15) is 19.2 Å². The number of methoxy groups -OCH3 is 1. The molecule has 1 aliphatic rings. The Balaban J connectivity index is 2.14.